The molecular formula is C16H26O. The summed E-state index contributed by atoms with van der Waals surface area (Å²) in [6.07, 6.45) is 9.97. The van der Waals surface area contributed by atoms with E-state index < -0.39 is 0 Å². The fourth-order valence-electron chi connectivity index (χ4n) is 1.72. The fraction of sp³-hybridized carbons (Fsp3) is 0.562. The van der Waals surface area contributed by atoms with Gasteiger partial charge in [0.15, 0.2) is 5.78 Å². The third-order valence-electron chi connectivity index (χ3n) is 2.49. The standard InChI is InChI=1S/C16H26O/c1-6-8-14(4)9-7-10-15(5)12-16(17)11-13(2)3/h8,10-11H,6-7,9,12H2,1-5H3/b14-8+,15-10+. The van der Waals surface area contributed by atoms with Gasteiger partial charge in [-0.25, -0.2) is 0 Å². The van der Waals surface area contributed by atoms with E-state index in [2.05, 4.69) is 26.0 Å². The van der Waals surface area contributed by atoms with Crippen LogP contribution >= 0.6 is 0 Å². The summed E-state index contributed by atoms with van der Waals surface area (Å²) in [5.41, 5.74) is 3.69. The summed E-state index contributed by atoms with van der Waals surface area (Å²) in [5, 5.41) is 0. The first-order valence-electron chi connectivity index (χ1n) is 6.44. The molecular weight excluding hydrogens is 208 g/mol. The van der Waals surface area contributed by atoms with E-state index in [-0.39, 0.29) is 5.78 Å². The molecule has 0 aliphatic heterocycles. The summed E-state index contributed by atoms with van der Waals surface area (Å²) in [7, 11) is 0. The van der Waals surface area contributed by atoms with Gasteiger partial charge in [-0.2, -0.15) is 0 Å². The molecule has 1 heteroatoms. The number of hydrogen-bond donors (Lipinski definition) is 0. The van der Waals surface area contributed by atoms with Crippen molar-refractivity contribution in [2.75, 3.05) is 0 Å². The van der Waals surface area contributed by atoms with Gasteiger partial charge in [0.05, 0.1) is 0 Å². The number of ketones is 1. The Morgan fingerprint density at radius 1 is 1.00 bits per heavy atom. The Kier molecular flexibility index (Phi) is 8.39. The average molecular weight is 234 g/mol. The zero-order chi connectivity index (χ0) is 13.3. The third-order valence-corrected chi connectivity index (χ3v) is 2.49. The number of carbonyl (C=O) groups is 1. The molecule has 1 nitrogen and oxygen atoms in total. The lowest BCUT2D eigenvalue weighted by atomic mass is 10.1. The summed E-state index contributed by atoms with van der Waals surface area (Å²) in [5.74, 6) is 0.208. The highest BCUT2D eigenvalue weighted by Gasteiger charge is 1.99. The van der Waals surface area contributed by atoms with Crippen LogP contribution < -0.4 is 0 Å². The Bertz CT molecular complexity index is 325. The maximum atomic E-state index is 11.5. The first-order chi connectivity index (χ1) is 7.95. The molecule has 96 valence electrons. The molecule has 0 radical (unpaired) electrons. The Morgan fingerprint density at radius 3 is 2.18 bits per heavy atom. The second-order valence-electron chi connectivity index (χ2n) is 4.91. The molecule has 0 aliphatic rings. The van der Waals surface area contributed by atoms with Crippen LogP contribution in [0.4, 0.5) is 0 Å². The van der Waals surface area contributed by atoms with Crippen molar-refractivity contribution in [2.24, 2.45) is 0 Å². The molecule has 0 saturated carbocycles. The van der Waals surface area contributed by atoms with E-state index in [0.717, 1.165) is 24.8 Å². The molecule has 17 heavy (non-hydrogen) atoms. The molecule has 0 aromatic carbocycles. The van der Waals surface area contributed by atoms with Gasteiger partial charge >= 0.3 is 0 Å². The molecule has 0 amide bonds. The molecule has 0 N–H and O–H groups in total. The SMILES string of the molecule is CC/C=C(\C)CC/C=C(\C)CC(=O)C=C(C)C. The van der Waals surface area contributed by atoms with Crippen LogP contribution in [0.2, 0.25) is 0 Å². The maximum absolute atomic E-state index is 11.5. The van der Waals surface area contributed by atoms with Crippen molar-refractivity contribution in [3.05, 3.63) is 34.9 Å². The van der Waals surface area contributed by atoms with Crippen molar-refractivity contribution in [3.8, 4) is 0 Å². The minimum Gasteiger partial charge on any atom is -0.295 e. The molecule has 0 aliphatic carbocycles. The maximum Gasteiger partial charge on any atom is 0.159 e. The van der Waals surface area contributed by atoms with Crippen molar-refractivity contribution < 1.29 is 4.79 Å². The van der Waals surface area contributed by atoms with Gasteiger partial charge in [-0.15, -0.1) is 0 Å². The predicted molar refractivity (Wildman–Crippen MR) is 76.1 cm³/mol. The monoisotopic (exact) mass is 234 g/mol. The first-order valence-corrected chi connectivity index (χ1v) is 6.44. The summed E-state index contributed by atoms with van der Waals surface area (Å²) < 4.78 is 0. The second kappa shape index (κ2) is 8.98. The van der Waals surface area contributed by atoms with Gasteiger partial charge in [-0.05, 0) is 53.0 Å². The molecule has 0 rings (SSSR count). The number of carbonyl (C=O) groups excluding carboxylic acids is 1. The molecule has 0 fully saturated rings. The van der Waals surface area contributed by atoms with Gasteiger partial charge < -0.3 is 0 Å². The highest BCUT2D eigenvalue weighted by atomic mass is 16.1. The molecule has 0 heterocycles. The van der Waals surface area contributed by atoms with E-state index in [9.17, 15) is 4.79 Å². The summed E-state index contributed by atoms with van der Waals surface area (Å²) in [6.45, 7) is 10.3. The molecule has 0 saturated heterocycles. The Morgan fingerprint density at radius 2 is 1.65 bits per heavy atom. The minimum atomic E-state index is 0.208. The highest BCUT2D eigenvalue weighted by molar-refractivity contribution is 5.91. The third kappa shape index (κ3) is 9.80. The van der Waals surface area contributed by atoms with Crippen LogP contribution in [-0.2, 0) is 4.79 Å². The Labute approximate surface area is 106 Å². The molecule has 0 unspecified atom stereocenters. The fourth-order valence-corrected chi connectivity index (χ4v) is 1.72. The van der Waals surface area contributed by atoms with Crippen LogP contribution in [0.25, 0.3) is 0 Å². The average Bonchev–Trinajstić information content (AvgIpc) is 2.16. The summed E-state index contributed by atoms with van der Waals surface area (Å²) in [6, 6.07) is 0. The number of allylic oxidation sites excluding steroid dienone is 6. The highest BCUT2D eigenvalue weighted by Crippen LogP contribution is 2.10. The Hall–Kier alpha value is -1.11. The van der Waals surface area contributed by atoms with Gasteiger partial charge in [0.1, 0.15) is 0 Å². The lowest BCUT2D eigenvalue weighted by Gasteiger charge is -2.00. The first kappa shape index (κ1) is 15.9. The van der Waals surface area contributed by atoms with E-state index in [4.69, 9.17) is 0 Å². The van der Waals surface area contributed by atoms with E-state index in [0.29, 0.717) is 6.42 Å². The lowest BCUT2D eigenvalue weighted by molar-refractivity contribution is -0.114. The van der Waals surface area contributed by atoms with Crippen LogP contribution in [0.1, 0.15) is 60.3 Å². The molecule has 0 atom stereocenters. The van der Waals surface area contributed by atoms with E-state index in [1.165, 1.54) is 11.1 Å². The van der Waals surface area contributed by atoms with Crippen molar-refractivity contribution in [2.45, 2.75) is 60.3 Å². The van der Waals surface area contributed by atoms with Crippen molar-refractivity contribution in [1.82, 2.24) is 0 Å². The minimum absolute atomic E-state index is 0.208. The van der Waals surface area contributed by atoms with E-state index in [1.807, 2.05) is 20.8 Å². The van der Waals surface area contributed by atoms with Gasteiger partial charge in [-0.1, -0.05) is 35.8 Å². The van der Waals surface area contributed by atoms with Gasteiger partial charge in [-0.3, -0.25) is 4.79 Å². The molecule has 0 aromatic rings. The van der Waals surface area contributed by atoms with Crippen LogP contribution in [0.15, 0.2) is 34.9 Å². The Balaban J connectivity index is 4.07. The zero-order valence-electron chi connectivity index (χ0n) is 12.0. The predicted octanol–water partition coefficient (Wildman–Crippen LogP) is 4.99. The molecule has 0 aromatic heterocycles. The van der Waals surface area contributed by atoms with Crippen LogP contribution in [0, 0.1) is 0 Å². The summed E-state index contributed by atoms with van der Waals surface area (Å²) in [4.78, 5) is 11.5. The van der Waals surface area contributed by atoms with Gasteiger partial charge in [0.25, 0.3) is 0 Å². The molecule has 0 bridgehead atoms. The van der Waals surface area contributed by atoms with Crippen molar-refractivity contribution in [1.29, 1.82) is 0 Å². The quantitative estimate of drug-likeness (QED) is 0.448. The second-order valence-corrected chi connectivity index (χ2v) is 4.91. The lowest BCUT2D eigenvalue weighted by Crippen LogP contribution is -1.94. The zero-order valence-corrected chi connectivity index (χ0v) is 12.0. The molecule has 0 spiro atoms. The van der Waals surface area contributed by atoms with E-state index in [1.54, 1.807) is 6.08 Å². The van der Waals surface area contributed by atoms with Crippen molar-refractivity contribution >= 4 is 5.78 Å². The topological polar surface area (TPSA) is 17.1 Å². The van der Waals surface area contributed by atoms with Crippen LogP contribution in [0.5, 0.6) is 0 Å². The summed E-state index contributed by atoms with van der Waals surface area (Å²) >= 11 is 0. The number of hydrogen-bond acceptors (Lipinski definition) is 1. The van der Waals surface area contributed by atoms with Crippen LogP contribution in [-0.4, -0.2) is 5.78 Å². The van der Waals surface area contributed by atoms with Crippen LogP contribution in [0.3, 0.4) is 0 Å². The van der Waals surface area contributed by atoms with Gasteiger partial charge in [0.2, 0.25) is 0 Å². The normalized spacial score (nSPS) is 12.5. The van der Waals surface area contributed by atoms with E-state index >= 15 is 0 Å². The smallest absolute Gasteiger partial charge is 0.159 e. The largest absolute Gasteiger partial charge is 0.295 e. The van der Waals surface area contributed by atoms with Gasteiger partial charge in [0, 0.05) is 6.42 Å². The number of rotatable bonds is 7. The van der Waals surface area contributed by atoms with Crippen molar-refractivity contribution in [3.63, 3.8) is 0 Å².